The molecule has 5 heteroatoms. The summed E-state index contributed by atoms with van der Waals surface area (Å²) in [6, 6.07) is 7.11. The number of anilines is 1. The molecule has 98 valence electrons. The van der Waals surface area contributed by atoms with Crippen LogP contribution in [0, 0.1) is 5.92 Å². The van der Waals surface area contributed by atoms with E-state index >= 15 is 0 Å². The number of carbonyl (C=O) groups is 2. The van der Waals surface area contributed by atoms with Crippen molar-refractivity contribution in [2.24, 2.45) is 5.92 Å². The van der Waals surface area contributed by atoms with Crippen LogP contribution in [-0.4, -0.2) is 30.7 Å². The third-order valence-electron chi connectivity index (χ3n) is 2.48. The van der Waals surface area contributed by atoms with E-state index in [9.17, 15) is 9.59 Å². The minimum atomic E-state index is -0.813. The van der Waals surface area contributed by atoms with Gasteiger partial charge in [0.1, 0.15) is 6.61 Å². The summed E-state index contributed by atoms with van der Waals surface area (Å²) in [5, 5.41) is 11.5. The Morgan fingerprint density at radius 3 is 2.44 bits per heavy atom. The van der Waals surface area contributed by atoms with E-state index in [-0.39, 0.29) is 12.5 Å². The Balaban J connectivity index is 2.57. The fourth-order valence-electron chi connectivity index (χ4n) is 1.49. The third kappa shape index (κ3) is 4.55. The van der Waals surface area contributed by atoms with Crippen LogP contribution in [0.1, 0.15) is 12.5 Å². The average molecular weight is 251 g/mol. The lowest BCUT2D eigenvalue weighted by Gasteiger charge is -2.08. The summed E-state index contributed by atoms with van der Waals surface area (Å²) in [5.41, 5.74) is 1.60. The highest BCUT2D eigenvalue weighted by Gasteiger charge is 2.11. The molecule has 0 fully saturated rings. The molecule has 1 unspecified atom stereocenters. The standard InChI is InChI=1S/C13H17NO4/c1-9(13(16)17)7-10-3-5-11(6-4-10)14-12(15)8-18-2/h3-6,9H,7-8H2,1-2H3,(H,14,15)(H,16,17). The topological polar surface area (TPSA) is 75.6 Å². The number of hydrogen-bond acceptors (Lipinski definition) is 3. The van der Waals surface area contributed by atoms with Crippen molar-refractivity contribution < 1.29 is 19.4 Å². The van der Waals surface area contributed by atoms with Crippen molar-refractivity contribution in [2.75, 3.05) is 19.0 Å². The fraction of sp³-hybridized carbons (Fsp3) is 0.385. The number of rotatable bonds is 6. The summed E-state index contributed by atoms with van der Waals surface area (Å²) in [5.74, 6) is -1.45. The Kier molecular flexibility index (Phi) is 5.32. The Labute approximate surface area is 106 Å². The van der Waals surface area contributed by atoms with Gasteiger partial charge in [0.15, 0.2) is 0 Å². The second-order valence-corrected chi connectivity index (χ2v) is 4.12. The summed E-state index contributed by atoms with van der Waals surface area (Å²) in [6.07, 6.45) is 0.474. The number of carboxylic acids is 1. The molecule has 0 saturated heterocycles. The summed E-state index contributed by atoms with van der Waals surface area (Å²) in [7, 11) is 1.45. The molecular formula is C13H17NO4. The van der Waals surface area contributed by atoms with E-state index in [1.165, 1.54) is 7.11 Å². The zero-order valence-corrected chi connectivity index (χ0v) is 10.5. The van der Waals surface area contributed by atoms with Crippen molar-refractivity contribution in [2.45, 2.75) is 13.3 Å². The minimum Gasteiger partial charge on any atom is -0.481 e. The number of nitrogens with one attached hydrogen (secondary N) is 1. The van der Waals surface area contributed by atoms with Crippen LogP contribution in [-0.2, 0) is 20.7 Å². The molecule has 5 nitrogen and oxygen atoms in total. The monoisotopic (exact) mass is 251 g/mol. The van der Waals surface area contributed by atoms with Gasteiger partial charge in [-0.3, -0.25) is 9.59 Å². The first-order valence-electron chi connectivity index (χ1n) is 5.63. The lowest BCUT2D eigenvalue weighted by molar-refractivity contribution is -0.141. The molecule has 0 spiro atoms. The van der Waals surface area contributed by atoms with Crippen LogP contribution in [0.4, 0.5) is 5.69 Å². The van der Waals surface area contributed by atoms with Crippen LogP contribution in [0.5, 0.6) is 0 Å². The molecule has 0 heterocycles. The van der Waals surface area contributed by atoms with Crippen LogP contribution in [0.25, 0.3) is 0 Å². The Hall–Kier alpha value is -1.88. The van der Waals surface area contributed by atoms with Gasteiger partial charge < -0.3 is 15.2 Å². The van der Waals surface area contributed by atoms with E-state index in [1.54, 1.807) is 19.1 Å². The normalized spacial score (nSPS) is 11.9. The van der Waals surface area contributed by atoms with E-state index in [4.69, 9.17) is 9.84 Å². The first-order valence-corrected chi connectivity index (χ1v) is 5.63. The number of carbonyl (C=O) groups excluding carboxylic acids is 1. The van der Waals surface area contributed by atoms with E-state index in [1.807, 2.05) is 12.1 Å². The summed E-state index contributed by atoms with van der Waals surface area (Å²) >= 11 is 0. The molecule has 0 saturated carbocycles. The largest absolute Gasteiger partial charge is 0.481 e. The van der Waals surface area contributed by atoms with E-state index in [2.05, 4.69) is 5.32 Å². The number of benzene rings is 1. The van der Waals surface area contributed by atoms with Gasteiger partial charge in [-0.05, 0) is 24.1 Å². The maximum absolute atomic E-state index is 11.3. The van der Waals surface area contributed by atoms with E-state index in [0.29, 0.717) is 12.1 Å². The molecule has 0 bridgehead atoms. The number of methoxy groups -OCH3 is 1. The molecule has 1 aromatic carbocycles. The maximum atomic E-state index is 11.3. The summed E-state index contributed by atoms with van der Waals surface area (Å²) in [6.45, 7) is 1.68. The molecule has 0 aliphatic rings. The number of hydrogen-bond donors (Lipinski definition) is 2. The summed E-state index contributed by atoms with van der Waals surface area (Å²) in [4.78, 5) is 22.0. The van der Waals surface area contributed by atoms with Gasteiger partial charge >= 0.3 is 5.97 Å². The summed E-state index contributed by atoms with van der Waals surface area (Å²) < 4.78 is 4.70. The lowest BCUT2D eigenvalue weighted by Crippen LogP contribution is -2.17. The van der Waals surface area contributed by atoms with Gasteiger partial charge in [-0.2, -0.15) is 0 Å². The zero-order valence-electron chi connectivity index (χ0n) is 10.5. The highest BCUT2D eigenvalue weighted by atomic mass is 16.5. The van der Waals surface area contributed by atoms with Gasteiger partial charge in [0.05, 0.1) is 5.92 Å². The molecule has 1 aromatic rings. The molecule has 0 aliphatic carbocycles. The average Bonchev–Trinajstić information content (AvgIpc) is 2.31. The second-order valence-electron chi connectivity index (χ2n) is 4.12. The van der Waals surface area contributed by atoms with Crippen molar-refractivity contribution >= 4 is 17.6 Å². The first kappa shape index (κ1) is 14.2. The van der Waals surface area contributed by atoms with Crippen molar-refractivity contribution in [1.82, 2.24) is 0 Å². The van der Waals surface area contributed by atoms with Gasteiger partial charge in [0.25, 0.3) is 0 Å². The van der Waals surface area contributed by atoms with E-state index in [0.717, 1.165) is 5.56 Å². The molecule has 0 aliphatic heterocycles. The number of ether oxygens (including phenoxy) is 1. The lowest BCUT2D eigenvalue weighted by atomic mass is 10.0. The Morgan fingerprint density at radius 2 is 1.94 bits per heavy atom. The van der Waals surface area contributed by atoms with Gasteiger partial charge in [-0.1, -0.05) is 19.1 Å². The van der Waals surface area contributed by atoms with Crippen LogP contribution in [0.15, 0.2) is 24.3 Å². The molecule has 1 amide bonds. The third-order valence-corrected chi connectivity index (χ3v) is 2.48. The second kappa shape index (κ2) is 6.76. The van der Waals surface area contributed by atoms with Gasteiger partial charge in [0.2, 0.25) is 5.91 Å². The highest BCUT2D eigenvalue weighted by molar-refractivity contribution is 5.91. The smallest absolute Gasteiger partial charge is 0.306 e. The molecule has 1 atom stereocenters. The number of amides is 1. The van der Waals surface area contributed by atoms with Crippen molar-refractivity contribution in [3.63, 3.8) is 0 Å². The van der Waals surface area contributed by atoms with Crippen LogP contribution in [0.2, 0.25) is 0 Å². The van der Waals surface area contributed by atoms with Crippen molar-refractivity contribution in [1.29, 1.82) is 0 Å². The fourth-order valence-corrected chi connectivity index (χ4v) is 1.49. The van der Waals surface area contributed by atoms with Gasteiger partial charge in [-0.15, -0.1) is 0 Å². The number of carboxylic acid groups (broad SMARTS) is 1. The predicted octanol–water partition coefficient (Wildman–Crippen LogP) is 1.53. The SMILES string of the molecule is COCC(=O)Nc1ccc(CC(C)C(=O)O)cc1. The number of aliphatic carboxylic acids is 1. The zero-order chi connectivity index (χ0) is 13.5. The van der Waals surface area contributed by atoms with Crippen molar-refractivity contribution in [3.05, 3.63) is 29.8 Å². The minimum absolute atomic E-state index is 0.0117. The first-order chi connectivity index (χ1) is 8.52. The molecule has 0 radical (unpaired) electrons. The van der Waals surface area contributed by atoms with E-state index < -0.39 is 11.9 Å². The van der Waals surface area contributed by atoms with Crippen molar-refractivity contribution in [3.8, 4) is 0 Å². The Morgan fingerprint density at radius 1 is 1.33 bits per heavy atom. The van der Waals surface area contributed by atoms with Gasteiger partial charge in [-0.25, -0.2) is 0 Å². The molecule has 0 aromatic heterocycles. The molecule has 18 heavy (non-hydrogen) atoms. The maximum Gasteiger partial charge on any atom is 0.306 e. The molecular weight excluding hydrogens is 234 g/mol. The quantitative estimate of drug-likeness (QED) is 0.804. The van der Waals surface area contributed by atoms with Crippen LogP contribution < -0.4 is 5.32 Å². The predicted molar refractivity (Wildman–Crippen MR) is 67.5 cm³/mol. The van der Waals surface area contributed by atoms with Gasteiger partial charge in [0, 0.05) is 12.8 Å². The Bertz CT molecular complexity index is 414. The molecule has 2 N–H and O–H groups in total. The van der Waals surface area contributed by atoms with Crippen LogP contribution in [0.3, 0.4) is 0 Å². The molecule has 1 rings (SSSR count). The van der Waals surface area contributed by atoms with Crippen LogP contribution >= 0.6 is 0 Å². The highest BCUT2D eigenvalue weighted by Crippen LogP contribution is 2.13.